The van der Waals surface area contributed by atoms with Crippen LogP contribution in [0.3, 0.4) is 0 Å². The summed E-state index contributed by atoms with van der Waals surface area (Å²) in [6.07, 6.45) is -12.3. The summed E-state index contributed by atoms with van der Waals surface area (Å²) in [5, 5.41) is 0. The summed E-state index contributed by atoms with van der Waals surface area (Å²) in [6, 6.07) is 0. The lowest BCUT2D eigenvalue weighted by atomic mass is 9.44. The van der Waals surface area contributed by atoms with E-state index in [1.165, 1.54) is 0 Å². The Balaban J connectivity index is 2.82. The summed E-state index contributed by atoms with van der Waals surface area (Å²) < 4.78 is 126. The number of hydrogen-bond donors (Lipinski definition) is 0. The van der Waals surface area contributed by atoms with Crippen molar-refractivity contribution in [3.05, 3.63) is 23.3 Å². The average Bonchev–Trinajstić information content (AvgIpc) is 2.17. The smallest absolute Gasteiger partial charge is 0.207 e. The molecule has 10 heteroatoms. The number of alkyl halides is 6. The van der Waals surface area contributed by atoms with Crippen LogP contribution in [0.2, 0.25) is 0 Å². The van der Waals surface area contributed by atoms with Crippen LogP contribution in [0.5, 0.6) is 0 Å². The fourth-order valence-corrected chi connectivity index (χ4v) is 2.31. The summed E-state index contributed by atoms with van der Waals surface area (Å²) in [5.41, 5.74) is -9.82. The van der Waals surface area contributed by atoms with Gasteiger partial charge in [0.05, 0.1) is 0 Å². The predicted molar refractivity (Wildman–Crippen MR) is 35.5 cm³/mol. The third-order valence-corrected chi connectivity index (χ3v) is 3.12. The van der Waals surface area contributed by atoms with Crippen LogP contribution in [0.15, 0.2) is 23.3 Å². The molecule has 0 saturated heterocycles. The van der Waals surface area contributed by atoms with E-state index in [2.05, 4.69) is 0 Å². The van der Waals surface area contributed by atoms with Crippen LogP contribution < -0.4 is 0 Å². The van der Waals surface area contributed by atoms with Crippen LogP contribution in [0.4, 0.5) is 43.9 Å². The first-order valence-electron chi connectivity index (χ1n) is 4.14. The molecule has 0 unspecified atom stereocenters. The van der Waals surface area contributed by atoms with Crippen molar-refractivity contribution in [2.45, 2.75) is 12.4 Å². The van der Waals surface area contributed by atoms with Crippen molar-refractivity contribution in [3.8, 4) is 0 Å². The first-order valence-corrected chi connectivity index (χ1v) is 4.14. The molecule has 2 aliphatic carbocycles. The zero-order valence-corrected chi connectivity index (χ0v) is 7.78. The molecule has 2 aliphatic rings. The quantitative estimate of drug-likeness (QED) is 0.578. The maximum atomic E-state index is 12.8. The van der Waals surface area contributed by atoms with Crippen molar-refractivity contribution in [2.24, 2.45) is 10.8 Å². The van der Waals surface area contributed by atoms with Gasteiger partial charge in [0.1, 0.15) is 0 Å². The Kier molecular flexibility index (Phi) is 2.09. The van der Waals surface area contributed by atoms with Gasteiger partial charge in [-0.3, -0.25) is 0 Å². The first-order chi connectivity index (χ1) is 7.88. The van der Waals surface area contributed by atoms with Gasteiger partial charge in [-0.1, -0.05) is 0 Å². The van der Waals surface area contributed by atoms with Gasteiger partial charge in [-0.15, -0.1) is 0 Å². The SMILES string of the molecule is FC1=C(F)C2(C(F)(F)F)C(F)=C(F)C12C(F)(F)F. The molecule has 0 bridgehead atoms. The standard InChI is InChI=1S/C8F10/c9-1-2(10)6(8(16,17)18)4(12)3(11)5(1,6)7(13,14)15. The minimum absolute atomic E-state index is 2.99. The molecule has 0 N–H and O–H groups in total. The second-order valence-electron chi connectivity index (χ2n) is 3.75. The third kappa shape index (κ3) is 0.841. The van der Waals surface area contributed by atoms with Gasteiger partial charge in [0.15, 0.2) is 23.3 Å². The Bertz CT molecular complexity index is 417. The number of halogens is 10. The topological polar surface area (TPSA) is 0 Å². The highest BCUT2D eigenvalue weighted by molar-refractivity contribution is 5.61. The Hall–Kier alpha value is -1.22. The number of rotatable bonds is 0. The molecule has 0 aromatic carbocycles. The Morgan fingerprint density at radius 3 is 0.778 bits per heavy atom. The molecule has 0 atom stereocenters. The summed E-state index contributed by atoms with van der Waals surface area (Å²) >= 11 is 0. The zero-order valence-electron chi connectivity index (χ0n) is 7.78. The third-order valence-electron chi connectivity index (χ3n) is 3.12. The molecule has 102 valence electrons. The lowest BCUT2D eigenvalue weighted by Crippen LogP contribution is -2.72. The van der Waals surface area contributed by atoms with Crippen LogP contribution in [0, 0.1) is 10.8 Å². The van der Waals surface area contributed by atoms with Crippen molar-refractivity contribution < 1.29 is 43.9 Å². The van der Waals surface area contributed by atoms with Gasteiger partial charge >= 0.3 is 12.4 Å². The van der Waals surface area contributed by atoms with Crippen molar-refractivity contribution in [2.75, 3.05) is 0 Å². The molecule has 0 aliphatic heterocycles. The van der Waals surface area contributed by atoms with Gasteiger partial charge in [-0.05, 0) is 0 Å². The van der Waals surface area contributed by atoms with E-state index in [-0.39, 0.29) is 0 Å². The highest BCUT2D eigenvalue weighted by Gasteiger charge is 2.97. The summed E-state index contributed by atoms with van der Waals surface area (Å²) in [6.45, 7) is 0. The molecule has 0 nitrogen and oxygen atoms in total. The van der Waals surface area contributed by atoms with Crippen LogP contribution in [-0.2, 0) is 0 Å². The summed E-state index contributed by atoms with van der Waals surface area (Å²) in [5.74, 6) is -12.0. The summed E-state index contributed by atoms with van der Waals surface area (Å²) in [4.78, 5) is 0. The molecule has 0 amide bonds. The number of fused-ring (bicyclic) bond motifs is 1. The molecule has 18 heavy (non-hydrogen) atoms. The second kappa shape index (κ2) is 2.85. The monoisotopic (exact) mass is 286 g/mol. The van der Waals surface area contributed by atoms with E-state index in [1.54, 1.807) is 0 Å². The normalized spacial score (nSPS) is 36.3. The van der Waals surface area contributed by atoms with Crippen LogP contribution in [-0.4, -0.2) is 12.4 Å². The lowest BCUT2D eigenvalue weighted by molar-refractivity contribution is -0.350. The number of allylic oxidation sites excluding steroid dienone is 4. The minimum Gasteiger partial charge on any atom is -0.207 e. The average molecular weight is 286 g/mol. The Labute approximate surface area is 91.6 Å². The van der Waals surface area contributed by atoms with E-state index in [4.69, 9.17) is 0 Å². The molecule has 0 heterocycles. The number of hydrogen-bond acceptors (Lipinski definition) is 0. The van der Waals surface area contributed by atoms with Gasteiger partial charge in [-0.2, -0.15) is 26.3 Å². The van der Waals surface area contributed by atoms with E-state index < -0.39 is 46.5 Å². The predicted octanol–water partition coefficient (Wildman–Crippen LogP) is 4.41. The van der Waals surface area contributed by atoms with E-state index >= 15 is 0 Å². The van der Waals surface area contributed by atoms with Gasteiger partial charge in [0.25, 0.3) is 0 Å². The molecular weight excluding hydrogens is 286 g/mol. The molecule has 0 aromatic rings. The van der Waals surface area contributed by atoms with Gasteiger partial charge in [0.2, 0.25) is 10.8 Å². The van der Waals surface area contributed by atoms with E-state index in [1.807, 2.05) is 0 Å². The highest BCUT2D eigenvalue weighted by Crippen LogP contribution is 2.85. The first kappa shape index (κ1) is 13.2. The minimum atomic E-state index is -6.15. The molecule has 0 radical (unpaired) electrons. The molecule has 0 aromatic heterocycles. The maximum absolute atomic E-state index is 12.8. The van der Waals surface area contributed by atoms with Gasteiger partial charge < -0.3 is 0 Å². The van der Waals surface area contributed by atoms with Gasteiger partial charge in [0, 0.05) is 0 Å². The lowest BCUT2D eigenvalue weighted by Gasteiger charge is -2.59. The van der Waals surface area contributed by atoms with E-state index in [0.717, 1.165) is 0 Å². The fraction of sp³-hybridized carbons (Fsp3) is 0.500. The molecule has 0 saturated carbocycles. The van der Waals surface area contributed by atoms with E-state index in [9.17, 15) is 43.9 Å². The molecule has 0 spiro atoms. The Morgan fingerprint density at radius 2 is 0.667 bits per heavy atom. The second-order valence-corrected chi connectivity index (χ2v) is 3.75. The zero-order chi connectivity index (χ0) is 14.3. The highest BCUT2D eigenvalue weighted by atomic mass is 19.4. The van der Waals surface area contributed by atoms with Crippen molar-refractivity contribution in [3.63, 3.8) is 0 Å². The van der Waals surface area contributed by atoms with Crippen LogP contribution in [0.25, 0.3) is 0 Å². The molecule has 0 fully saturated rings. The van der Waals surface area contributed by atoms with Crippen LogP contribution >= 0.6 is 0 Å². The maximum Gasteiger partial charge on any atom is 0.408 e. The van der Waals surface area contributed by atoms with Crippen molar-refractivity contribution >= 4 is 0 Å². The Morgan fingerprint density at radius 1 is 0.500 bits per heavy atom. The molecular formula is C8F10. The van der Waals surface area contributed by atoms with Gasteiger partial charge in [-0.25, -0.2) is 17.6 Å². The van der Waals surface area contributed by atoms with Crippen molar-refractivity contribution in [1.29, 1.82) is 0 Å². The van der Waals surface area contributed by atoms with Crippen LogP contribution in [0.1, 0.15) is 0 Å². The largest absolute Gasteiger partial charge is 0.408 e. The molecule has 2 rings (SSSR count). The fourth-order valence-electron chi connectivity index (χ4n) is 2.31. The summed E-state index contributed by atoms with van der Waals surface area (Å²) in [7, 11) is 0. The van der Waals surface area contributed by atoms with Crippen molar-refractivity contribution in [1.82, 2.24) is 0 Å². The van der Waals surface area contributed by atoms with E-state index in [0.29, 0.717) is 0 Å².